The van der Waals surface area contributed by atoms with E-state index in [0.717, 1.165) is 38.8 Å². The summed E-state index contributed by atoms with van der Waals surface area (Å²) in [7, 11) is 0. The third-order valence-electron chi connectivity index (χ3n) is 4.82. The van der Waals surface area contributed by atoms with Gasteiger partial charge in [0.2, 0.25) is 5.91 Å². The summed E-state index contributed by atoms with van der Waals surface area (Å²) in [5.41, 5.74) is 0.586. The number of rotatable bonds is 6. The molecule has 0 N–H and O–H groups in total. The summed E-state index contributed by atoms with van der Waals surface area (Å²) in [5, 5.41) is 0. The van der Waals surface area contributed by atoms with Gasteiger partial charge in [0.1, 0.15) is 5.75 Å². The SMILES string of the molecule is CCCCOc1ccccc1N1C(=O)C[C@H](N2CCCCC2)C1=O. The summed E-state index contributed by atoms with van der Waals surface area (Å²) < 4.78 is 5.81. The lowest BCUT2D eigenvalue weighted by Gasteiger charge is -2.30. The Hall–Kier alpha value is -1.88. The summed E-state index contributed by atoms with van der Waals surface area (Å²) in [6.07, 6.45) is 5.70. The van der Waals surface area contributed by atoms with Gasteiger partial charge < -0.3 is 4.74 Å². The lowest BCUT2D eigenvalue weighted by Crippen LogP contribution is -2.44. The second-order valence-corrected chi connectivity index (χ2v) is 6.55. The number of hydrogen-bond donors (Lipinski definition) is 0. The van der Waals surface area contributed by atoms with E-state index in [0.29, 0.717) is 18.0 Å². The van der Waals surface area contributed by atoms with Gasteiger partial charge >= 0.3 is 0 Å². The van der Waals surface area contributed by atoms with Gasteiger partial charge in [0.05, 0.1) is 24.8 Å². The summed E-state index contributed by atoms with van der Waals surface area (Å²) >= 11 is 0. The lowest BCUT2D eigenvalue weighted by atomic mass is 10.1. The van der Waals surface area contributed by atoms with Crippen LogP contribution in [0.1, 0.15) is 45.4 Å². The Morgan fingerprint density at radius 1 is 1.12 bits per heavy atom. The van der Waals surface area contributed by atoms with Crippen molar-refractivity contribution in [2.24, 2.45) is 0 Å². The second kappa shape index (κ2) is 7.79. The molecule has 2 fully saturated rings. The topological polar surface area (TPSA) is 49.9 Å². The zero-order chi connectivity index (χ0) is 16.9. The van der Waals surface area contributed by atoms with Crippen LogP contribution in [0, 0.1) is 0 Å². The number of ether oxygens (including phenoxy) is 1. The molecule has 2 aliphatic rings. The van der Waals surface area contributed by atoms with Gasteiger partial charge in [-0.05, 0) is 44.5 Å². The van der Waals surface area contributed by atoms with Gasteiger partial charge in [0.15, 0.2) is 0 Å². The average Bonchev–Trinajstić information content (AvgIpc) is 2.91. The molecular formula is C19H26N2O3. The minimum absolute atomic E-state index is 0.103. The predicted octanol–water partition coefficient (Wildman–Crippen LogP) is 2.98. The van der Waals surface area contributed by atoms with E-state index in [1.165, 1.54) is 11.3 Å². The van der Waals surface area contributed by atoms with Crippen LogP contribution in [0.2, 0.25) is 0 Å². The van der Waals surface area contributed by atoms with Crippen LogP contribution in [0.15, 0.2) is 24.3 Å². The van der Waals surface area contributed by atoms with Crippen LogP contribution in [0.3, 0.4) is 0 Å². The van der Waals surface area contributed by atoms with Crippen LogP contribution in [-0.2, 0) is 9.59 Å². The molecule has 2 heterocycles. The van der Waals surface area contributed by atoms with Crippen LogP contribution in [0.25, 0.3) is 0 Å². The number of unbranched alkanes of at least 4 members (excludes halogenated alkanes) is 1. The van der Waals surface area contributed by atoms with E-state index in [1.807, 2.05) is 18.2 Å². The molecule has 1 aromatic rings. The maximum absolute atomic E-state index is 12.9. The van der Waals surface area contributed by atoms with Crippen molar-refractivity contribution in [1.29, 1.82) is 0 Å². The van der Waals surface area contributed by atoms with E-state index < -0.39 is 0 Å². The summed E-state index contributed by atoms with van der Waals surface area (Å²) in [6.45, 7) is 4.52. The van der Waals surface area contributed by atoms with Crippen molar-refractivity contribution in [2.45, 2.75) is 51.5 Å². The van der Waals surface area contributed by atoms with E-state index in [9.17, 15) is 9.59 Å². The molecule has 24 heavy (non-hydrogen) atoms. The molecule has 0 aliphatic carbocycles. The standard InChI is InChI=1S/C19H26N2O3/c1-2-3-13-24-17-10-6-5-9-15(17)21-18(22)14-16(19(21)23)20-11-7-4-8-12-20/h5-6,9-10,16H,2-4,7-8,11-14H2,1H3/t16-/m0/s1. The number of carbonyl (C=O) groups excluding carboxylic acids is 2. The number of para-hydroxylation sites is 2. The van der Waals surface area contributed by atoms with Gasteiger partial charge in [-0.15, -0.1) is 0 Å². The van der Waals surface area contributed by atoms with Crippen molar-refractivity contribution < 1.29 is 14.3 Å². The number of anilines is 1. The van der Waals surface area contributed by atoms with Crippen molar-refractivity contribution in [3.05, 3.63) is 24.3 Å². The largest absolute Gasteiger partial charge is 0.491 e. The Morgan fingerprint density at radius 2 is 1.88 bits per heavy atom. The number of nitrogens with zero attached hydrogens (tertiary/aromatic N) is 2. The average molecular weight is 330 g/mol. The number of imide groups is 1. The highest BCUT2D eigenvalue weighted by Crippen LogP contribution is 2.34. The highest BCUT2D eigenvalue weighted by Gasteiger charge is 2.43. The molecule has 130 valence electrons. The summed E-state index contributed by atoms with van der Waals surface area (Å²) in [5.74, 6) is 0.391. The lowest BCUT2D eigenvalue weighted by molar-refractivity contribution is -0.123. The molecular weight excluding hydrogens is 304 g/mol. The molecule has 0 unspecified atom stereocenters. The Morgan fingerprint density at radius 3 is 2.62 bits per heavy atom. The Bertz CT molecular complexity index is 596. The number of carbonyl (C=O) groups is 2. The smallest absolute Gasteiger partial charge is 0.251 e. The number of benzene rings is 1. The highest BCUT2D eigenvalue weighted by atomic mass is 16.5. The first-order chi connectivity index (χ1) is 11.7. The summed E-state index contributed by atoms with van der Waals surface area (Å²) in [6, 6.07) is 7.05. The maximum atomic E-state index is 12.9. The Kier molecular flexibility index (Phi) is 5.51. The number of amides is 2. The van der Waals surface area contributed by atoms with Gasteiger partial charge in [-0.2, -0.15) is 0 Å². The molecule has 0 radical (unpaired) electrons. The van der Waals surface area contributed by atoms with E-state index >= 15 is 0 Å². The minimum atomic E-state index is -0.304. The van der Waals surface area contributed by atoms with Crippen LogP contribution in [-0.4, -0.2) is 42.5 Å². The molecule has 5 nitrogen and oxygen atoms in total. The molecule has 0 saturated carbocycles. The fourth-order valence-corrected chi connectivity index (χ4v) is 3.47. The molecule has 3 rings (SSSR count). The van der Waals surface area contributed by atoms with Gasteiger partial charge in [-0.25, -0.2) is 4.90 Å². The van der Waals surface area contributed by atoms with Crippen LogP contribution in [0.4, 0.5) is 5.69 Å². The minimum Gasteiger partial charge on any atom is -0.491 e. The second-order valence-electron chi connectivity index (χ2n) is 6.55. The van der Waals surface area contributed by atoms with Crippen LogP contribution < -0.4 is 9.64 Å². The number of hydrogen-bond acceptors (Lipinski definition) is 4. The first kappa shape index (κ1) is 17.0. The molecule has 2 saturated heterocycles. The van der Waals surface area contributed by atoms with Crippen molar-refractivity contribution in [1.82, 2.24) is 4.90 Å². The van der Waals surface area contributed by atoms with Crippen LogP contribution in [0.5, 0.6) is 5.75 Å². The zero-order valence-electron chi connectivity index (χ0n) is 14.4. The highest BCUT2D eigenvalue weighted by molar-refractivity contribution is 6.23. The number of likely N-dealkylation sites (tertiary alicyclic amines) is 1. The predicted molar refractivity (Wildman–Crippen MR) is 93.2 cm³/mol. The molecule has 5 heteroatoms. The first-order valence-corrected chi connectivity index (χ1v) is 9.05. The Balaban J connectivity index is 1.79. The monoisotopic (exact) mass is 330 g/mol. The molecule has 2 aliphatic heterocycles. The van der Waals surface area contributed by atoms with Gasteiger partial charge in [0.25, 0.3) is 5.91 Å². The molecule has 1 aromatic carbocycles. The Labute approximate surface area is 143 Å². The number of piperidine rings is 1. The van der Waals surface area contributed by atoms with Crippen molar-refractivity contribution in [3.8, 4) is 5.75 Å². The van der Waals surface area contributed by atoms with Gasteiger partial charge in [-0.1, -0.05) is 31.9 Å². The maximum Gasteiger partial charge on any atom is 0.251 e. The molecule has 0 bridgehead atoms. The first-order valence-electron chi connectivity index (χ1n) is 9.05. The molecule has 0 spiro atoms. The fourth-order valence-electron chi connectivity index (χ4n) is 3.47. The fraction of sp³-hybridized carbons (Fsp3) is 0.579. The van der Waals surface area contributed by atoms with E-state index in [2.05, 4.69) is 11.8 Å². The van der Waals surface area contributed by atoms with E-state index in [-0.39, 0.29) is 24.3 Å². The third-order valence-corrected chi connectivity index (χ3v) is 4.82. The molecule has 0 aromatic heterocycles. The summed E-state index contributed by atoms with van der Waals surface area (Å²) in [4.78, 5) is 29.0. The van der Waals surface area contributed by atoms with E-state index in [1.54, 1.807) is 6.07 Å². The molecule has 2 amide bonds. The van der Waals surface area contributed by atoms with E-state index in [4.69, 9.17) is 4.74 Å². The van der Waals surface area contributed by atoms with Crippen LogP contribution >= 0.6 is 0 Å². The van der Waals surface area contributed by atoms with Crippen molar-refractivity contribution in [2.75, 3.05) is 24.6 Å². The normalized spacial score (nSPS) is 22.2. The quantitative estimate of drug-likeness (QED) is 0.594. The van der Waals surface area contributed by atoms with Crippen molar-refractivity contribution >= 4 is 17.5 Å². The van der Waals surface area contributed by atoms with Gasteiger partial charge in [0, 0.05) is 0 Å². The third kappa shape index (κ3) is 3.46. The van der Waals surface area contributed by atoms with Gasteiger partial charge in [-0.3, -0.25) is 14.5 Å². The zero-order valence-corrected chi connectivity index (χ0v) is 14.4. The van der Waals surface area contributed by atoms with Crippen molar-refractivity contribution in [3.63, 3.8) is 0 Å². The molecule has 1 atom stereocenters.